The highest BCUT2D eigenvalue weighted by Crippen LogP contribution is 2.25. The van der Waals surface area contributed by atoms with E-state index >= 15 is 0 Å². The van der Waals surface area contributed by atoms with Crippen molar-refractivity contribution in [3.8, 4) is 0 Å². The molecule has 1 atom stereocenters. The van der Waals surface area contributed by atoms with Crippen LogP contribution in [0.2, 0.25) is 0 Å². The van der Waals surface area contributed by atoms with E-state index in [0.29, 0.717) is 0 Å². The molecule has 0 aromatic heterocycles. The summed E-state index contributed by atoms with van der Waals surface area (Å²) in [4.78, 5) is 21.6. The molecule has 14 heavy (non-hydrogen) atoms. The van der Waals surface area contributed by atoms with Gasteiger partial charge in [0.1, 0.15) is 0 Å². The van der Waals surface area contributed by atoms with Crippen LogP contribution in [0, 0.1) is 0 Å². The van der Waals surface area contributed by atoms with Gasteiger partial charge in [-0.2, -0.15) is 0 Å². The maximum atomic E-state index is 8.88. The minimum atomic E-state index is -4.64. The maximum absolute atomic E-state index is 8.88. The standard InChI is InChI=1S/C8H11N.H3O4P/c1-7(9)8-5-3-2-4-6-8;1-5(2,3)4/h2-7H,9H2,1H3;(H3,1,2,3,4). The van der Waals surface area contributed by atoms with Crippen LogP contribution in [0.3, 0.4) is 0 Å². The van der Waals surface area contributed by atoms with E-state index < -0.39 is 7.82 Å². The van der Waals surface area contributed by atoms with Crippen molar-refractivity contribution >= 4 is 7.82 Å². The highest BCUT2D eigenvalue weighted by atomic mass is 31.2. The second-order valence-electron chi connectivity index (χ2n) is 2.71. The Morgan fingerprint density at radius 3 is 1.79 bits per heavy atom. The van der Waals surface area contributed by atoms with Gasteiger partial charge in [0, 0.05) is 6.04 Å². The van der Waals surface area contributed by atoms with E-state index in [0.717, 1.165) is 0 Å². The van der Waals surface area contributed by atoms with Crippen molar-refractivity contribution in [1.29, 1.82) is 0 Å². The lowest BCUT2D eigenvalue weighted by Crippen LogP contribution is -2.03. The van der Waals surface area contributed by atoms with E-state index in [1.54, 1.807) is 0 Å². The molecule has 0 bridgehead atoms. The number of hydrogen-bond donors (Lipinski definition) is 4. The van der Waals surface area contributed by atoms with Gasteiger partial charge >= 0.3 is 7.82 Å². The Hall–Kier alpha value is -0.710. The van der Waals surface area contributed by atoms with Gasteiger partial charge in [-0.15, -0.1) is 0 Å². The van der Waals surface area contributed by atoms with Gasteiger partial charge in [0.25, 0.3) is 0 Å². The van der Waals surface area contributed by atoms with Gasteiger partial charge in [0.05, 0.1) is 0 Å². The second-order valence-corrected chi connectivity index (χ2v) is 3.74. The van der Waals surface area contributed by atoms with Crippen LogP contribution in [-0.4, -0.2) is 14.7 Å². The van der Waals surface area contributed by atoms with Gasteiger partial charge in [-0.25, -0.2) is 4.57 Å². The van der Waals surface area contributed by atoms with E-state index in [1.165, 1.54) is 5.56 Å². The molecule has 0 amide bonds. The molecule has 0 spiro atoms. The van der Waals surface area contributed by atoms with Crippen molar-refractivity contribution in [3.63, 3.8) is 0 Å². The summed E-state index contributed by atoms with van der Waals surface area (Å²) in [6.45, 7) is 1.98. The maximum Gasteiger partial charge on any atom is 0.466 e. The number of phosphoric acid groups is 1. The summed E-state index contributed by atoms with van der Waals surface area (Å²) in [6, 6.07) is 10.2. The number of benzene rings is 1. The highest BCUT2D eigenvalue weighted by Gasteiger charge is 2.00. The van der Waals surface area contributed by atoms with Crippen molar-refractivity contribution in [2.24, 2.45) is 5.73 Å². The van der Waals surface area contributed by atoms with Crippen LogP contribution >= 0.6 is 7.82 Å². The smallest absolute Gasteiger partial charge is 0.324 e. The molecule has 80 valence electrons. The van der Waals surface area contributed by atoms with E-state index in [-0.39, 0.29) is 6.04 Å². The van der Waals surface area contributed by atoms with Crippen LogP contribution in [0.5, 0.6) is 0 Å². The van der Waals surface area contributed by atoms with Gasteiger partial charge < -0.3 is 20.4 Å². The second kappa shape index (κ2) is 5.90. The molecule has 0 aliphatic heterocycles. The molecule has 1 unspecified atom stereocenters. The first kappa shape index (κ1) is 13.3. The van der Waals surface area contributed by atoms with Crippen molar-refractivity contribution < 1.29 is 19.2 Å². The first-order chi connectivity index (χ1) is 6.30. The summed E-state index contributed by atoms with van der Waals surface area (Å²) in [5.74, 6) is 0. The van der Waals surface area contributed by atoms with Gasteiger partial charge in [-0.3, -0.25) is 0 Å². The fourth-order valence-corrected chi connectivity index (χ4v) is 0.757. The van der Waals surface area contributed by atoms with Crippen LogP contribution in [-0.2, 0) is 4.57 Å². The molecular formula is C8H14NO4P. The normalized spacial score (nSPS) is 12.6. The van der Waals surface area contributed by atoms with E-state index in [1.807, 2.05) is 37.3 Å². The summed E-state index contributed by atoms with van der Waals surface area (Å²) in [7, 11) is -4.64. The van der Waals surface area contributed by atoms with Gasteiger partial charge in [0.15, 0.2) is 0 Å². The molecule has 0 heterocycles. The Labute approximate surface area is 82.4 Å². The monoisotopic (exact) mass is 219 g/mol. The SMILES string of the molecule is CC(N)c1ccccc1.O=P(O)(O)O. The summed E-state index contributed by atoms with van der Waals surface area (Å²) in [5.41, 5.74) is 6.81. The molecule has 0 radical (unpaired) electrons. The van der Waals surface area contributed by atoms with Crippen LogP contribution in [0.4, 0.5) is 0 Å². The van der Waals surface area contributed by atoms with Gasteiger partial charge in [-0.05, 0) is 12.5 Å². The van der Waals surface area contributed by atoms with Crippen LogP contribution < -0.4 is 5.73 Å². The molecule has 0 saturated heterocycles. The van der Waals surface area contributed by atoms with Crippen molar-refractivity contribution in [2.45, 2.75) is 13.0 Å². The highest BCUT2D eigenvalue weighted by molar-refractivity contribution is 7.45. The number of hydrogen-bond acceptors (Lipinski definition) is 2. The molecule has 0 aliphatic rings. The molecule has 1 rings (SSSR count). The Kier molecular flexibility index (Phi) is 5.60. The third-order valence-electron chi connectivity index (χ3n) is 1.33. The predicted molar refractivity (Wildman–Crippen MR) is 53.3 cm³/mol. The average molecular weight is 219 g/mol. The Morgan fingerprint density at radius 1 is 1.21 bits per heavy atom. The quantitative estimate of drug-likeness (QED) is 0.522. The Balaban J connectivity index is 0.000000292. The Morgan fingerprint density at radius 2 is 1.57 bits per heavy atom. The molecular weight excluding hydrogens is 205 g/mol. The summed E-state index contributed by atoms with van der Waals surface area (Å²) in [5, 5.41) is 0. The molecule has 1 aromatic carbocycles. The van der Waals surface area contributed by atoms with E-state index in [2.05, 4.69) is 0 Å². The first-order valence-corrected chi connectivity index (χ1v) is 5.46. The van der Waals surface area contributed by atoms with Crippen LogP contribution in [0.1, 0.15) is 18.5 Å². The molecule has 6 heteroatoms. The average Bonchev–Trinajstić information content (AvgIpc) is 2.03. The molecule has 0 saturated carbocycles. The Bertz CT molecular complexity index is 287. The molecule has 5 N–H and O–H groups in total. The molecule has 1 aromatic rings. The summed E-state index contributed by atoms with van der Waals surface area (Å²) >= 11 is 0. The minimum absolute atomic E-state index is 0.159. The third kappa shape index (κ3) is 9.38. The van der Waals surface area contributed by atoms with Crippen molar-refractivity contribution in [1.82, 2.24) is 0 Å². The lowest BCUT2D eigenvalue weighted by Gasteiger charge is -2.02. The van der Waals surface area contributed by atoms with Crippen LogP contribution in [0.15, 0.2) is 30.3 Å². The molecule has 5 nitrogen and oxygen atoms in total. The summed E-state index contributed by atoms with van der Waals surface area (Å²) in [6.07, 6.45) is 0. The largest absolute Gasteiger partial charge is 0.466 e. The number of rotatable bonds is 1. The number of nitrogens with two attached hydrogens (primary N) is 1. The van der Waals surface area contributed by atoms with Crippen molar-refractivity contribution in [3.05, 3.63) is 35.9 Å². The zero-order valence-corrected chi connectivity index (χ0v) is 8.63. The third-order valence-corrected chi connectivity index (χ3v) is 1.33. The lowest BCUT2D eigenvalue weighted by atomic mass is 10.1. The minimum Gasteiger partial charge on any atom is -0.324 e. The zero-order chi connectivity index (χ0) is 11.2. The summed E-state index contributed by atoms with van der Waals surface area (Å²) < 4.78 is 8.88. The fraction of sp³-hybridized carbons (Fsp3) is 0.250. The van der Waals surface area contributed by atoms with Gasteiger partial charge in [-0.1, -0.05) is 30.3 Å². The molecule has 0 fully saturated rings. The van der Waals surface area contributed by atoms with E-state index in [9.17, 15) is 0 Å². The van der Waals surface area contributed by atoms with Gasteiger partial charge in [0.2, 0.25) is 0 Å². The van der Waals surface area contributed by atoms with Crippen molar-refractivity contribution in [2.75, 3.05) is 0 Å². The lowest BCUT2D eigenvalue weighted by molar-refractivity contribution is 0.275. The fourth-order valence-electron chi connectivity index (χ4n) is 0.757. The van der Waals surface area contributed by atoms with E-state index in [4.69, 9.17) is 25.0 Å². The van der Waals surface area contributed by atoms with Crippen LogP contribution in [0.25, 0.3) is 0 Å². The first-order valence-electron chi connectivity index (χ1n) is 3.89. The topological polar surface area (TPSA) is 104 Å². The zero-order valence-electron chi connectivity index (χ0n) is 7.74. The predicted octanol–water partition coefficient (Wildman–Crippen LogP) is 0.778. The molecule has 0 aliphatic carbocycles.